The molecule has 0 heterocycles. The Morgan fingerprint density at radius 3 is 2.55 bits per heavy atom. The maximum atomic E-state index is 13.6. The molecule has 114 valence electrons. The molecule has 2 aromatic rings. The Bertz CT molecular complexity index is 731. The minimum absolute atomic E-state index is 0.00667. The number of esters is 1. The highest BCUT2D eigenvalue weighted by atomic mass is 35.5. The van der Waals surface area contributed by atoms with Crippen molar-refractivity contribution in [2.75, 3.05) is 0 Å². The molecule has 0 aromatic heterocycles. The van der Waals surface area contributed by atoms with Gasteiger partial charge in [-0.1, -0.05) is 29.3 Å². The molecule has 0 atom stereocenters. The standard InChI is InChI=1S/C14H8Cl2FNO4/c15-10-2-1-3-12(17)9(10)7-14(19)22-13-5-4-8(18(20)21)6-11(13)16/h1-6H,7H2. The number of ether oxygens (including phenoxy) is 1. The van der Waals surface area contributed by atoms with Gasteiger partial charge in [0.25, 0.3) is 5.69 Å². The Kier molecular flexibility index (Phi) is 4.95. The molecule has 0 spiro atoms. The number of halogens is 3. The Morgan fingerprint density at radius 2 is 1.95 bits per heavy atom. The minimum atomic E-state index is -0.789. The minimum Gasteiger partial charge on any atom is -0.425 e. The second kappa shape index (κ2) is 6.72. The Hall–Kier alpha value is -2.18. The van der Waals surface area contributed by atoms with Crippen LogP contribution in [-0.2, 0) is 11.2 Å². The first-order valence-corrected chi connectivity index (χ1v) is 6.71. The lowest BCUT2D eigenvalue weighted by atomic mass is 10.1. The number of hydrogen-bond donors (Lipinski definition) is 0. The third-order valence-corrected chi connectivity index (χ3v) is 3.38. The zero-order valence-electron chi connectivity index (χ0n) is 10.9. The first-order chi connectivity index (χ1) is 10.4. The van der Waals surface area contributed by atoms with Gasteiger partial charge in [0.05, 0.1) is 16.4 Å². The summed E-state index contributed by atoms with van der Waals surface area (Å²) >= 11 is 11.6. The molecule has 0 amide bonds. The van der Waals surface area contributed by atoms with Gasteiger partial charge in [0.1, 0.15) is 11.6 Å². The number of hydrogen-bond acceptors (Lipinski definition) is 4. The van der Waals surface area contributed by atoms with Gasteiger partial charge in [-0.05, 0) is 18.2 Å². The van der Waals surface area contributed by atoms with Crippen LogP contribution in [0.25, 0.3) is 0 Å². The van der Waals surface area contributed by atoms with Crippen LogP contribution in [0.4, 0.5) is 10.1 Å². The summed E-state index contributed by atoms with van der Waals surface area (Å²) in [6.45, 7) is 0. The largest absolute Gasteiger partial charge is 0.425 e. The topological polar surface area (TPSA) is 69.4 Å². The number of non-ortho nitro benzene ring substituents is 1. The molecule has 2 aromatic carbocycles. The molecular weight excluding hydrogens is 336 g/mol. The highest BCUT2D eigenvalue weighted by Gasteiger charge is 2.16. The van der Waals surface area contributed by atoms with Crippen molar-refractivity contribution < 1.29 is 18.8 Å². The molecule has 0 aliphatic heterocycles. The van der Waals surface area contributed by atoms with E-state index in [0.29, 0.717) is 0 Å². The van der Waals surface area contributed by atoms with Crippen molar-refractivity contribution in [2.45, 2.75) is 6.42 Å². The number of benzene rings is 2. The van der Waals surface area contributed by atoms with E-state index in [1.54, 1.807) is 0 Å². The predicted octanol–water partition coefficient (Wildman–Crippen LogP) is 4.19. The van der Waals surface area contributed by atoms with Crippen LogP contribution in [0.5, 0.6) is 5.75 Å². The van der Waals surface area contributed by atoms with Crippen molar-refractivity contribution in [3.8, 4) is 5.75 Å². The monoisotopic (exact) mass is 343 g/mol. The lowest BCUT2D eigenvalue weighted by molar-refractivity contribution is -0.384. The van der Waals surface area contributed by atoms with E-state index in [4.69, 9.17) is 27.9 Å². The number of nitro benzene ring substituents is 1. The number of nitro groups is 1. The zero-order chi connectivity index (χ0) is 16.3. The Morgan fingerprint density at radius 1 is 1.23 bits per heavy atom. The molecule has 22 heavy (non-hydrogen) atoms. The molecule has 0 radical (unpaired) electrons. The number of nitrogens with zero attached hydrogens (tertiary/aromatic N) is 1. The fourth-order valence-corrected chi connectivity index (χ4v) is 2.13. The van der Waals surface area contributed by atoms with Gasteiger partial charge in [0, 0.05) is 22.7 Å². The maximum Gasteiger partial charge on any atom is 0.315 e. The molecule has 5 nitrogen and oxygen atoms in total. The van der Waals surface area contributed by atoms with E-state index in [1.165, 1.54) is 24.3 Å². The smallest absolute Gasteiger partial charge is 0.315 e. The Labute approximate surface area is 134 Å². The molecule has 0 saturated heterocycles. The molecular formula is C14H8Cl2FNO4. The van der Waals surface area contributed by atoms with Crippen LogP contribution >= 0.6 is 23.2 Å². The second-order valence-corrected chi connectivity index (χ2v) is 5.04. The van der Waals surface area contributed by atoms with Gasteiger partial charge in [-0.25, -0.2) is 4.39 Å². The molecule has 0 N–H and O–H groups in total. The number of carbonyl (C=O) groups is 1. The van der Waals surface area contributed by atoms with Crippen LogP contribution in [0.1, 0.15) is 5.56 Å². The third kappa shape index (κ3) is 3.72. The van der Waals surface area contributed by atoms with Crippen LogP contribution < -0.4 is 4.74 Å². The highest BCUT2D eigenvalue weighted by molar-refractivity contribution is 6.32. The van der Waals surface area contributed by atoms with E-state index in [9.17, 15) is 19.3 Å². The fourth-order valence-electron chi connectivity index (χ4n) is 1.69. The SMILES string of the molecule is O=C(Cc1c(F)cccc1Cl)Oc1ccc([N+](=O)[O-])cc1Cl. The quantitative estimate of drug-likeness (QED) is 0.361. The molecule has 0 fully saturated rings. The van der Waals surface area contributed by atoms with Gasteiger partial charge >= 0.3 is 5.97 Å². The molecule has 2 rings (SSSR count). The van der Waals surface area contributed by atoms with Gasteiger partial charge in [0.2, 0.25) is 0 Å². The van der Waals surface area contributed by atoms with Gasteiger partial charge in [0.15, 0.2) is 0 Å². The van der Waals surface area contributed by atoms with Crippen molar-refractivity contribution in [3.63, 3.8) is 0 Å². The summed E-state index contributed by atoms with van der Waals surface area (Å²) in [6.07, 6.45) is -0.390. The highest BCUT2D eigenvalue weighted by Crippen LogP contribution is 2.29. The van der Waals surface area contributed by atoms with E-state index in [-0.39, 0.29) is 27.0 Å². The van der Waals surface area contributed by atoms with Crippen LogP contribution in [0.2, 0.25) is 10.0 Å². The van der Waals surface area contributed by atoms with E-state index in [2.05, 4.69) is 0 Å². The fraction of sp³-hybridized carbons (Fsp3) is 0.0714. The van der Waals surface area contributed by atoms with Gasteiger partial charge in [-0.2, -0.15) is 0 Å². The van der Waals surface area contributed by atoms with Gasteiger partial charge in [-0.3, -0.25) is 14.9 Å². The normalized spacial score (nSPS) is 10.3. The first kappa shape index (κ1) is 16.2. The van der Waals surface area contributed by atoms with Crippen molar-refractivity contribution in [2.24, 2.45) is 0 Å². The second-order valence-electron chi connectivity index (χ2n) is 4.22. The van der Waals surface area contributed by atoms with Crippen molar-refractivity contribution >= 4 is 34.9 Å². The summed E-state index contributed by atoms with van der Waals surface area (Å²) in [7, 11) is 0. The first-order valence-electron chi connectivity index (χ1n) is 5.96. The van der Waals surface area contributed by atoms with Gasteiger partial charge < -0.3 is 4.74 Å². The van der Waals surface area contributed by atoms with Crippen molar-refractivity contribution in [3.05, 3.63) is 67.9 Å². The van der Waals surface area contributed by atoms with E-state index in [0.717, 1.165) is 12.1 Å². The average Bonchev–Trinajstić information content (AvgIpc) is 2.45. The molecule has 8 heteroatoms. The lowest BCUT2D eigenvalue weighted by Gasteiger charge is -2.08. The van der Waals surface area contributed by atoms with Crippen LogP contribution in [0, 0.1) is 15.9 Å². The van der Waals surface area contributed by atoms with Crippen LogP contribution in [-0.4, -0.2) is 10.9 Å². The molecule has 0 aliphatic carbocycles. The number of rotatable bonds is 4. The lowest BCUT2D eigenvalue weighted by Crippen LogP contribution is -2.13. The predicted molar refractivity (Wildman–Crippen MR) is 78.9 cm³/mol. The summed E-state index contributed by atoms with van der Waals surface area (Å²) in [4.78, 5) is 21.8. The third-order valence-electron chi connectivity index (χ3n) is 2.73. The number of carbonyl (C=O) groups excluding carboxylic acids is 1. The van der Waals surface area contributed by atoms with Crippen LogP contribution in [0.3, 0.4) is 0 Å². The van der Waals surface area contributed by atoms with Crippen molar-refractivity contribution in [1.82, 2.24) is 0 Å². The van der Waals surface area contributed by atoms with Crippen molar-refractivity contribution in [1.29, 1.82) is 0 Å². The zero-order valence-corrected chi connectivity index (χ0v) is 12.4. The van der Waals surface area contributed by atoms with Gasteiger partial charge in [-0.15, -0.1) is 0 Å². The molecule has 0 saturated carbocycles. The molecule has 0 aliphatic rings. The maximum absolute atomic E-state index is 13.6. The van der Waals surface area contributed by atoms with E-state index >= 15 is 0 Å². The van der Waals surface area contributed by atoms with E-state index < -0.39 is 23.1 Å². The summed E-state index contributed by atoms with van der Waals surface area (Å²) in [5.74, 6) is -1.47. The van der Waals surface area contributed by atoms with Crippen LogP contribution in [0.15, 0.2) is 36.4 Å². The summed E-state index contributed by atoms with van der Waals surface area (Å²) in [5.41, 5.74) is -0.228. The summed E-state index contributed by atoms with van der Waals surface area (Å²) in [6, 6.07) is 7.44. The average molecular weight is 344 g/mol. The molecule has 0 bridgehead atoms. The molecule has 0 unspecified atom stereocenters. The van der Waals surface area contributed by atoms with E-state index in [1.807, 2.05) is 0 Å². The summed E-state index contributed by atoms with van der Waals surface area (Å²) in [5, 5.41) is 10.6. The Balaban J connectivity index is 2.14. The summed E-state index contributed by atoms with van der Waals surface area (Å²) < 4.78 is 18.6.